The van der Waals surface area contributed by atoms with E-state index in [9.17, 15) is 0 Å². The van der Waals surface area contributed by atoms with Gasteiger partial charge in [0.1, 0.15) is 5.69 Å². The first-order valence-corrected chi connectivity index (χ1v) is 19.3. The average Bonchev–Trinajstić information content (AvgIpc) is 3.94. The first-order valence-electron chi connectivity index (χ1n) is 19.3. The number of nitrogens with one attached hydrogen (secondary N) is 1. The van der Waals surface area contributed by atoms with Gasteiger partial charge in [0.25, 0.3) is 0 Å². The summed E-state index contributed by atoms with van der Waals surface area (Å²) in [6.45, 7) is 0. The third kappa shape index (κ3) is 4.89. The lowest BCUT2D eigenvalue weighted by Crippen LogP contribution is -1.93. The molecule has 5 nitrogen and oxygen atoms in total. The molecule has 5 heterocycles. The molecule has 0 amide bonds. The molecule has 12 rings (SSSR count). The molecular formula is C52H33N5. The molecule has 57 heavy (non-hydrogen) atoms. The molecule has 1 N–H and O–H groups in total. The molecular weight excluding hydrogens is 695 g/mol. The number of rotatable bonds is 5. The molecule has 0 spiro atoms. The van der Waals surface area contributed by atoms with Crippen LogP contribution in [0.1, 0.15) is 0 Å². The lowest BCUT2D eigenvalue weighted by Gasteiger charge is -2.09. The van der Waals surface area contributed by atoms with E-state index in [0.717, 1.165) is 55.8 Å². The number of aromatic amines is 1. The molecule has 12 aromatic rings. The van der Waals surface area contributed by atoms with Gasteiger partial charge in [-0.25, -0.2) is 0 Å². The van der Waals surface area contributed by atoms with Crippen LogP contribution in [0, 0.1) is 0 Å². The quantitative estimate of drug-likeness (QED) is 0.192. The number of nitrogens with zero attached hydrogens (tertiary/aromatic N) is 4. The van der Waals surface area contributed by atoms with Crippen LogP contribution in [-0.2, 0) is 0 Å². The van der Waals surface area contributed by atoms with Gasteiger partial charge in [-0.3, -0.25) is 9.97 Å². The van der Waals surface area contributed by atoms with E-state index in [0.29, 0.717) is 0 Å². The van der Waals surface area contributed by atoms with Crippen LogP contribution in [0.5, 0.6) is 0 Å². The minimum Gasteiger partial charge on any atom is -0.353 e. The number of pyridine rings is 2. The molecule has 7 aromatic carbocycles. The van der Waals surface area contributed by atoms with E-state index in [2.05, 4.69) is 196 Å². The Morgan fingerprint density at radius 2 is 0.842 bits per heavy atom. The summed E-state index contributed by atoms with van der Waals surface area (Å²) in [4.78, 5) is 13.3. The largest absolute Gasteiger partial charge is 0.353 e. The smallest absolute Gasteiger partial charge is 0.113 e. The predicted octanol–water partition coefficient (Wildman–Crippen LogP) is 13.3. The Morgan fingerprint density at radius 1 is 0.351 bits per heavy atom. The summed E-state index contributed by atoms with van der Waals surface area (Å²) in [6.07, 6.45) is 3.78. The van der Waals surface area contributed by atoms with Crippen LogP contribution in [0.3, 0.4) is 0 Å². The molecule has 0 radical (unpaired) electrons. The normalized spacial score (nSPS) is 11.9. The van der Waals surface area contributed by atoms with Gasteiger partial charge < -0.3 is 14.1 Å². The van der Waals surface area contributed by atoms with Crippen LogP contribution in [0.4, 0.5) is 0 Å². The van der Waals surface area contributed by atoms with Crippen molar-refractivity contribution < 1.29 is 0 Å². The van der Waals surface area contributed by atoms with Gasteiger partial charge in [0.15, 0.2) is 0 Å². The highest BCUT2D eigenvalue weighted by Gasteiger charge is 2.18. The summed E-state index contributed by atoms with van der Waals surface area (Å²) in [7, 11) is 0. The van der Waals surface area contributed by atoms with E-state index >= 15 is 0 Å². The Kier molecular flexibility index (Phi) is 6.86. The van der Waals surface area contributed by atoms with Crippen molar-refractivity contribution in [2.45, 2.75) is 0 Å². The Balaban J connectivity index is 1.03. The van der Waals surface area contributed by atoms with Crippen LogP contribution in [-0.4, -0.2) is 24.1 Å². The lowest BCUT2D eigenvalue weighted by molar-refractivity contribution is 1.18. The van der Waals surface area contributed by atoms with Crippen molar-refractivity contribution in [3.63, 3.8) is 0 Å². The van der Waals surface area contributed by atoms with E-state index in [-0.39, 0.29) is 0 Å². The highest BCUT2D eigenvalue weighted by molar-refractivity contribution is 6.14. The number of H-pyrrole nitrogens is 1. The monoisotopic (exact) mass is 727 g/mol. The Hall–Kier alpha value is -7.76. The van der Waals surface area contributed by atoms with Crippen molar-refractivity contribution in [2.24, 2.45) is 0 Å². The number of hydrogen-bond donors (Lipinski definition) is 1. The summed E-state index contributed by atoms with van der Waals surface area (Å²) in [5.74, 6) is 0. The molecule has 0 atom stereocenters. The van der Waals surface area contributed by atoms with Crippen molar-refractivity contribution in [3.8, 4) is 45.0 Å². The topological polar surface area (TPSA) is 51.4 Å². The molecule has 0 aliphatic heterocycles. The number of aromatic nitrogens is 5. The fourth-order valence-corrected chi connectivity index (χ4v) is 8.95. The standard InChI is InChI=1S/C52H33N5/c1-3-11-37(12-4-1)56-47-18-10-8-16-40(47)42-29-33(19-22-48(42)56)34-20-23-49-43(30-34)44-31-35(21-24-50(44)57(49)38-13-5-2-6-14-38)36-25-27-53-46(32-36)52-51-41(26-28-54-52)39-15-7-9-17-45(39)55-51/h1-32,55H. The Labute approximate surface area is 327 Å². The summed E-state index contributed by atoms with van der Waals surface area (Å²) < 4.78 is 4.75. The molecule has 0 saturated carbocycles. The second-order valence-corrected chi connectivity index (χ2v) is 14.7. The minimum atomic E-state index is 0.836. The highest BCUT2D eigenvalue weighted by atomic mass is 15.0. The molecule has 266 valence electrons. The van der Waals surface area contributed by atoms with Crippen molar-refractivity contribution in [1.29, 1.82) is 0 Å². The van der Waals surface area contributed by atoms with Crippen molar-refractivity contribution in [3.05, 3.63) is 194 Å². The van der Waals surface area contributed by atoms with Gasteiger partial charge in [-0.2, -0.15) is 0 Å². The van der Waals surface area contributed by atoms with Gasteiger partial charge in [0.2, 0.25) is 0 Å². The van der Waals surface area contributed by atoms with Crippen LogP contribution in [0.25, 0.3) is 110 Å². The number of fused-ring (bicyclic) bond motifs is 9. The van der Waals surface area contributed by atoms with E-state index in [4.69, 9.17) is 9.97 Å². The maximum atomic E-state index is 4.83. The average molecular weight is 728 g/mol. The van der Waals surface area contributed by atoms with Gasteiger partial charge in [-0.1, -0.05) is 91.0 Å². The van der Waals surface area contributed by atoms with E-state index in [1.807, 2.05) is 12.4 Å². The molecule has 0 fully saturated rings. The zero-order valence-electron chi connectivity index (χ0n) is 30.8. The lowest BCUT2D eigenvalue weighted by atomic mass is 9.99. The first-order chi connectivity index (χ1) is 28.3. The second-order valence-electron chi connectivity index (χ2n) is 14.7. The van der Waals surface area contributed by atoms with Gasteiger partial charge in [0.05, 0.1) is 33.3 Å². The second kappa shape index (κ2) is 12.4. The van der Waals surface area contributed by atoms with Crippen LogP contribution in [0.15, 0.2) is 194 Å². The molecule has 0 bridgehead atoms. The fraction of sp³-hybridized carbons (Fsp3) is 0. The van der Waals surface area contributed by atoms with E-state index in [1.165, 1.54) is 54.6 Å². The number of para-hydroxylation sites is 4. The van der Waals surface area contributed by atoms with Gasteiger partial charge in [-0.05, 0) is 113 Å². The van der Waals surface area contributed by atoms with Crippen LogP contribution in [0.2, 0.25) is 0 Å². The van der Waals surface area contributed by atoms with Crippen LogP contribution < -0.4 is 0 Å². The molecule has 0 saturated heterocycles. The minimum absolute atomic E-state index is 0.836. The third-order valence-corrected chi connectivity index (χ3v) is 11.6. The Bertz CT molecular complexity index is 3520. The predicted molar refractivity (Wildman–Crippen MR) is 236 cm³/mol. The highest BCUT2D eigenvalue weighted by Crippen LogP contribution is 2.40. The molecule has 0 aliphatic carbocycles. The SMILES string of the molecule is c1ccc(-n2c3ccccc3c3cc(-c4ccc5c(c4)c4cc(-c6ccnc(-c7nccc8c7[nH]c7ccccc78)c6)ccc4n5-c4ccccc4)ccc32)cc1. The van der Waals surface area contributed by atoms with E-state index < -0.39 is 0 Å². The molecule has 5 aromatic heterocycles. The maximum Gasteiger partial charge on any atom is 0.113 e. The van der Waals surface area contributed by atoms with Crippen LogP contribution >= 0.6 is 0 Å². The zero-order valence-corrected chi connectivity index (χ0v) is 30.8. The summed E-state index contributed by atoms with van der Waals surface area (Å²) in [5, 5.41) is 7.23. The summed E-state index contributed by atoms with van der Waals surface area (Å²) >= 11 is 0. The summed E-state index contributed by atoms with van der Waals surface area (Å²) in [5.41, 5.74) is 15.4. The van der Waals surface area contributed by atoms with Gasteiger partial charge in [-0.15, -0.1) is 0 Å². The first kappa shape index (κ1) is 31.6. The van der Waals surface area contributed by atoms with Crippen molar-refractivity contribution >= 4 is 65.4 Å². The van der Waals surface area contributed by atoms with Gasteiger partial charge in [0, 0.05) is 61.6 Å². The number of benzene rings is 7. The molecule has 0 aliphatic rings. The molecule has 0 unspecified atom stereocenters. The van der Waals surface area contributed by atoms with Crippen molar-refractivity contribution in [1.82, 2.24) is 24.1 Å². The Morgan fingerprint density at radius 3 is 1.47 bits per heavy atom. The van der Waals surface area contributed by atoms with Gasteiger partial charge >= 0.3 is 0 Å². The molecule has 5 heteroatoms. The summed E-state index contributed by atoms with van der Waals surface area (Å²) in [6, 6.07) is 65.4. The third-order valence-electron chi connectivity index (χ3n) is 11.6. The van der Waals surface area contributed by atoms with Crippen molar-refractivity contribution in [2.75, 3.05) is 0 Å². The van der Waals surface area contributed by atoms with E-state index in [1.54, 1.807) is 0 Å². The number of hydrogen-bond acceptors (Lipinski definition) is 2. The fourth-order valence-electron chi connectivity index (χ4n) is 8.95. The zero-order chi connectivity index (χ0) is 37.5. The maximum absolute atomic E-state index is 4.83.